The van der Waals surface area contributed by atoms with Crippen molar-refractivity contribution in [1.29, 1.82) is 0 Å². The average molecular weight is 331 g/mol. The van der Waals surface area contributed by atoms with Gasteiger partial charge in [-0.05, 0) is 45.4 Å². The van der Waals surface area contributed by atoms with Gasteiger partial charge in [0.2, 0.25) is 0 Å². The Labute approximate surface area is 142 Å². The molecule has 0 aliphatic rings. The van der Waals surface area contributed by atoms with Crippen LogP contribution < -0.4 is 9.64 Å². The molecule has 0 spiro atoms. The van der Waals surface area contributed by atoms with E-state index in [2.05, 4.69) is 4.98 Å². The number of rotatable bonds is 6. The Morgan fingerprint density at radius 2 is 2.12 bits per heavy atom. The largest absolute Gasteiger partial charge is 0.486 e. The minimum Gasteiger partial charge on any atom is -0.486 e. The Balaban J connectivity index is 2.45. The summed E-state index contributed by atoms with van der Waals surface area (Å²) in [6.07, 6.45) is 4.19. The minimum atomic E-state index is -0.398. The molecular weight excluding hydrogens is 306 g/mol. The lowest BCUT2D eigenvalue weighted by Crippen LogP contribution is -2.29. The number of hydrogen-bond donors (Lipinski definition) is 0. The number of carbonyl (C=O) groups is 1. The Hall–Kier alpha value is -2.50. The van der Waals surface area contributed by atoms with Crippen molar-refractivity contribution in [2.75, 3.05) is 25.2 Å². The van der Waals surface area contributed by atoms with Gasteiger partial charge in [0.25, 0.3) is 0 Å². The van der Waals surface area contributed by atoms with Crippen LogP contribution in [-0.2, 0) is 11.2 Å². The molecule has 0 radical (unpaired) electrons. The van der Waals surface area contributed by atoms with E-state index in [0.29, 0.717) is 36.8 Å². The predicted molar refractivity (Wildman–Crippen MR) is 94.9 cm³/mol. The number of carbonyl (C=O) groups excluding carboxylic acids is 1. The maximum atomic E-state index is 12.1. The van der Waals surface area contributed by atoms with Gasteiger partial charge in [0, 0.05) is 13.2 Å². The van der Waals surface area contributed by atoms with Crippen molar-refractivity contribution in [2.24, 2.45) is 0 Å². The van der Waals surface area contributed by atoms with Crippen LogP contribution in [0.15, 0.2) is 30.0 Å². The zero-order chi connectivity index (χ0) is 17.7. The SMILES string of the molecule is CCOC(=O)N(C)c1c(CC)nc2c(OCC=C(C)C)cccn12. The number of anilines is 1. The molecule has 0 aliphatic carbocycles. The lowest BCUT2D eigenvalue weighted by atomic mass is 10.3. The summed E-state index contributed by atoms with van der Waals surface area (Å²) in [5.74, 6) is 1.40. The van der Waals surface area contributed by atoms with Crippen molar-refractivity contribution in [1.82, 2.24) is 9.38 Å². The van der Waals surface area contributed by atoms with Crippen LogP contribution in [0.4, 0.5) is 10.6 Å². The molecule has 0 fully saturated rings. The molecule has 0 N–H and O–H groups in total. The summed E-state index contributed by atoms with van der Waals surface area (Å²) in [7, 11) is 1.69. The monoisotopic (exact) mass is 331 g/mol. The van der Waals surface area contributed by atoms with Crippen LogP contribution in [0.25, 0.3) is 5.65 Å². The number of amides is 1. The van der Waals surface area contributed by atoms with Crippen LogP contribution >= 0.6 is 0 Å². The van der Waals surface area contributed by atoms with Crippen LogP contribution in [-0.4, -0.2) is 35.7 Å². The van der Waals surface area contributed by atoms with Gasteiger partial charge < -0.3 is 9.47 Å². The zero-order valence-electron chi connectivity index (χ0n) is 15.0. The van der Waals surface area contributed by atoms with Gasteiger partial charge in [0.05, 0.1) is 12.3 Å². The van der Waals surface area contributed by atoms with Crippen LogP contribution in [0.1, 0.15) is 33.4 Å². The van der Waals surface area contributed by atoms with E-state index in [-0.39, 0.29) is 0 Å². The topological polar surface area (TPSA) is 56.1 Å². The first kappa shape index (κ1) is 17.8. The molecule has 2 aromatic heterocycles. The second kappa shape index (κ2) is 7.86. The Kier molecular flexibility index (Phi) is 5.84. The molecule has 0 saturated carbocycles. The predicted octanol–water partition coefficient (Wildman–Crippen LogP) is 3.83. The van der Waals surface area contributed by atoms with E-state index in [4.69, 9.17) is 9.47 Å². The average Bonchev–Trinajstić information content (AvgIpc) is 2.93. The number of ether oxygens (including phenoxy) is 2. The van der Waals surface area contributed by atoms with Gasteiger partial charge in [-0.15, -0.1) is 0 Å². The van der Waals surface area contributed by atoms with Gasteiger partial charge in [0.15, 0.2) is 11.4 Å². The van der Waals surface area contributed by atoms with Gasteiger partial charge >= 0.3 is 6.09 Å². The summed E-state index contributed by atoms with van der Waals surface area (Å²) in [6.45, 7) is 8.67. The Morgan fingerprint density at radius 3 is 2.75 bits per heavy atom. The van der Waals surface area contributed by atoms with Crippen molar-refractivity contribution >= 4 is 17.6 Å². The third kappa shape index (κ3) is 3.69. The summed E-state index contributed by atoms with van der Waals surface area (Å²) in [5.41, 5.74) is 2.72. The van der Waals surface area contributed by atoms with E-state index in [9.17, 15) is 4.79 Å². The molecule has 0 bridgehead atoms. The summed E-state index contributed by atoms with van der Waals surface area (Å²) in [5, 5.41) is 0. The number of fused-ring (bicyclic) bond motifs is 1. The van der Waals surface area contributed by atoms with E-state index in [1.54, 1.807) is 14.0 Å². The number of allylic oxidation sites excluding steroid dienone is 1. The number of aryl methyl sites for hydroxylation is 1. The fourth-order valence-corrected chi connectivity index (χ4v) is 2.39. The number of pyridine rings is 1. The summed E-state index contributed by atoms with van der Waals surface area (Å²) in [4.78, 5) is 18.3. The first-order chi connectivity index (χ1) is 11.5. The second-order valence-electron chi connectivity index (χ2n) is 5.65. The lowest BCUT2D eigenvalue weighted by Gasteiger charge is -2.17. The first-order valence-corrected chi connectivity index (χ1v) is 8.16. The Bertz CT molecular complexity index is 745. The van der Waals surface area contributed by atoms with Gasteiger partial charge in [0.1, 0.15) is 12.4 Å². The molecule has 0 aromatic carbocycles. The molecule has 24 heavy (non-hydrogen) atoms. The second-order valence-corrected chi connectivity index (χ2v) is 5.65. The number of imidazole rings is 1. The van der Waals surface area contributed by atoms with E-state index in [1.807, 2.05) is 49.6 Å². The van der Waals surface area contributed by atoms with E-state index in [0.717, 1.165) is 5.69 Å². The van der Waals surface area contributed by atoms with Crippen LogP contribution in [0.3, 0.4) is 0 Å². The maximum absolute atomic E-state index is 12.1. The lowest BCUT2D eigenvalue weighted by molar-refractivity contribution is 0.161. The quantitative estimate of drug-likeness (QED) is 0.755. The van der Waals surface area contributed by atoms with Crippen LogP contribution in [0, 0.1) is 0 Å². The van der Waals surface area contributed by atoms with Crippen LogP contribution in [0.5, 0.6) is 5.75 Å². The molecule has 0 atom stereocenters. The smallest absolute Gasteiger partial charge is 0.415 e. The van der Waals surface area contributed by atoms with E-state index < -0.39 is 6.09 Å². The van der Waals surface area contributed by atoms with Gasteiger partial charge in [-0.2, -0.15) is 0 Å². The highest BCUT2D eigenvalue weighted by atomic mass is 16.6. The normalized spacial score (nSPS) is 10.5. The third-order valence-electron chi connectivity index (χ3n) is 3.58. The molecule has 6 heteroatoms. The number of nitrogens with zero attached hydrogens (tertiary/aromatic N) is 3. The fraction of sp³-hybridized carbons (Fsp3) is 0.444. The summed E-state index contributed by atoms with van der Waals surface area (Å²) < 4.78 is 12.8. The van der Waals surface area contributed by atoms with Crippen molar-refractivity contribution in [3.63, 3.8) is 0 Å². The van der Waals surface area contributed by atoms with Crippen molar-refractivity contribution in [2.45, 2.75) is 34.1 Å². The zero-order valence-corrected chi connectivity index (χ0v) is 15.0. The van der Waals surface area contributed by atoms with Crippen molar-refractivity contribution in [3.05, 3.63) is 35.7 Å². The molecular formula is C18H25N3O3. The van der Waals surface area contributed by atoms with Gasteiger partial charge in [-0.3, -0.25) is 9.30 Å². The van der Waals surface area contributed by atoms with E-state index in [1.165, 1.54) is 10.5 Å². The Morgan fingerprint density at radius 1 is 1.38 bits per heavy atom. The summed E-state index contributed by atoms with van der Waals surface area (Å²) in [6, 6.07) is 3.77. The first-order valence-electron chi connectivity index (χ1n) is 8.16. The van der Waals surface area contributed by atoms with Crippen LogP contribution in [0.2, 0.25) is 0 Å². The standard InChI is InChI=1S/C18H25N3O3/c1-6-14-17(20(5)18(22)23-7-2)21-11-8-9-15(16(21)19-14)24-12-10-13(3)4/h8-11H,6-7,12H2,1-5H3. The van der Waals surface area contributed by atoms with Gasteiger partial charge in [-0.25, -0.2) is 9.78 Å². The van der Waals surface area contributed by atoms with Crippen molar-refractivity contribution in [3.8, 4) is 5.75 Å². The highest BCUT2D eigenvalue weighted by Crippen LogP contribution is 2.28. The molecule has 6 nitrogen and oxygen atoms in total. The number of hydrogen-bond acceptors (Lipinski definition) is 4. The van der Waals surface area contributed by atoms with Gasteiger partial charge in [-0.1, -0.05) is 12.5 Å². The molecule has 2 aromatic rings. The highest BCUT2D eigenvalue weighted by Gasteiger charge is 2.22. The molecule has 0 unspecified atom stereocenters. The molecule has 130 valence electrons. The minimum absolute atomic E-state index is 0.332. The summed E-state index contributed by atoms with van der Waals surface area (Å²) >= 11 is 0. The maximum Gasteiger partial charge on any atom is 0.415 e. The highest BCUT2D eigenvalue weighted by molar-refractivity contribution is 5.87. The van der Waals surface area contributed by atoms with Crippen molar-refractivity contribution < 1.29 is 14.3 Å². The molecule has 2 heterocycles. The number of aromatic nitrogens is 2. The molecule has 1 amide bonds. The van der Waals surface area contributed by atoms with E-state index >= 15 is 0 Å². The molecule has 2 rings (SSSR count). The molecule has 0 aliphatic heterocycles. The molecule has 0 saturated heterocycles. The fourth-order valence-electron chi connectivity index (χ4n) is 2.39. The third-order valence-corrected chi connectivity index (χ3v) is 3.58.